The zero-order valence-corrected chi connectivity index (χ0v) is 13.2. The molecule has 0 radical (unpaired) electrons. The van der Waals surface area contributed by atoms with Gasteiger partial charge in [0.25, 0.3) is 0 Å². The van der Waals surface area contributed by atoms with Crippen molar-refractivity contribution in [3.05, 3.63) is 46.6 Å². The van der Waals surface area contributed by atoms with Gasteiger partial charge in [0.2, 0.25) is 0 Å². The van der Waals surface area contributed by atoms with Crippen LogP contribution in [0.3, 0.4) is 0 Å². The summed E-state index contributed by atoms with van der Waals surface area (Å²) in [6.07, 6.45) is 1.46. The van der Waals surface area contributed by atoms with Crippen molar-refractivity contribution < 1.29 is 9.53 Å². The van der Waals surface area contributed by atoms with Gasteiger partial charge in [-0.2, -0.15) is 0 Å². The van der Waals surface area contributed by atoms with E-state index < -0.39 is 0 Å². The average Bonchev–Trinajstić information content (AvgIpc) is 2.93. The lowest BCUT2D eigenvalue weighted by atomic mass is 10.2. The number of nitrogens with zero attached hydrogens (tertiary/aromatic N) is 2. The van der Waals surface area contributed by atoms with Crippen LogP contribution in [0.4, 0.5) is 11.5 Å². The van der Waals surface area contributed by atoms with Gasteiger partial charge in [0, 0.05) is 16.1 Å². The van der Waals surface area contributed by atoms with Gasteiger partial charge in [0.05, 0.1) is 17.6 Å². The molecule has 0 aliphatic rings. The van der Waals surface area contributed by atoms with Gasteiger partial charge in [0.15, 0.2) is 0 Å². The smallest absolute Gasteiger partial charge is 0.339 e. The number of rotatable bonds is 4. The van der Waals surface area contributed by atoms with Crippen LogP contribution >= 0.6 is 22.9 Å². The van der Waals surface area contributed by atoms with Crippen LogP contribution in [0, 0.1) is 0 Å². The largest absolute Gasteiger partial charge is 0.462 e. The summed E-state index contributed by atoms with van der Waals surface area (Å²) in [6.45, 7) is 2.09. The highest BCUT2D eigenvalue weighted by Gasteiger charge is 2.18. The molecule has 0 atom stereocenters. The molecule has 0 spiro atoms. The van der Waals surface area contributed by atoms with Crippen molar-refractivity contribution in [3.8, 4) is 0 Å². The molecule has 0 saturated carbocycles. The minimum Gasteiger partial charge on any atom is -0.462 e. The minimum atomic E-state index is -0.377. The van der Waals surface area contributed by atoms with Gasteiger partial charge in [-0.3, -0.25) is 0 Å². The van der Waals surface area contributed by atoms with Gasteiger partial charge in [-0.25, -0.2) is 14.8 Å². The molecule has 0 amide bonds. The number of nitrogens with one attached hydrogen (secondary N) is 1. The summed E-state index contributed by atoms with van der Waals surface area (Å²) in [6, 6.07) is 7.28. The van der Waals surface area contributed by atoms with Crippen molar-refractivity contribution in [2.24, 2.45) is 0 Å². The predicted molar refractivity (Wildman–Crippen MR) is 88.1 cm³/mol. The molecular formula is C15H12ClN3O2S. The molecule has 22 heavy (non-hydrogen) atoms. The fraction of sp³-hybridized carbons (Fsp3) is 0.133. The molecule has 0 aliphatic heterocycles. The van der Waals surface area contributed by atoms with Gasteiger partial charge >= 0.3 is 5.97 Å². The Bertz CT molecular complexity index is 835. The molecule has 2 aromatic heterocycles. The number of hydrogen-bond acceptors (Lipinski definition) is 6. The summed E-state index contributed by atoms with van der Waals surface area (Å²) in [5.41, 5.74) is 1.25. The summed E-state index contributed by atoms with van der Waals surface area (Å²) in [5.74, 6) is 0.175. The molecule has 1 aromatic carbocycles. The van der Waals surface area contributed by atoms with E-state index >= 15 is 0 Å². The maximum absolute atomic E-state index is 12.1. The molecule has 0 unspecified atom stereocenters. The van der Waals surface area contributed by atoms with Crippen molar-refractivity contribution in [2.75, 3.05) is 11.9 Å². The third kappa shape index (κ3) is 2.88. The lowest BCUT2D eigenvalue weighted by molar-refractivity contribution is 0.0529. The second-order valence-corrected chi connectivity index (χ2v) is 5.70. The number of carbonyl (C=O) groups excluding carboxylic acids is 1. The summed E-state index contributed by atoms with van der Waals surface area (Å²) in [7, 11) is 0. The first kappa shape index (κ1) is 14.7. The number of benzene rings is 1. The molecule has 3 rings (SSSR count). The van der Waals surface area contributed by atoms with E-state index in [2.05, 4.69) is 15.3 Å². The van der Waals surface area contributed by atoms with Crippen molar-refractivity contribution in [3.63, 3.8) is 0 Å². The zero-order valence-electron chi connectivity index (χ0n) is 11.7. The maximum Gasteiger partial charge on any atom is 0.339 e. The molecule has 3 aromatic rings. The molecule has 1 N–H and O–H groups in total. The third-order valence-corrected chi connectivity index (χ3v) is 4.07. The highest BCUT2D eigenvalue weighted by Crippen LogP contribution is 2.31. The van der Waals surface area contributed by atoms with Crippen LogP contribution < -0.4 is 5.32 Å². The molecular weight excluding hydrogens is 322 g/mol. The fourth-order valence-corrected chi connectivity index (χ4v) is 3.10. The first-order valence-corrected chi connectivity index (χ1v) is 7.86. The van der Waals surface area contributed by atoms with Crippen molar-refractivity contribution in [1.82, 2.24) is 9.97 Å². The maximum atomic E-state index is 12.1. The molecule has 7 heteroatoms. The quantitative estimate of drug-likeness (QED) is 0.722. The average molecular weight is 334 g/mol. The van der Waals surface area contributed by atoms with E-state index in [1.807, 2.05) is 12.1 Å². The Hall–Kier alpha value is -2.18. The number of anilines is 2. The highest BCUT2D eigenvalue weighted by atomic mass is 35.5. The molecule has 0 fully saturated rings. The van der Waals surface area contributed by atoms with Crippen LogP contribution in [-0.4, -0.2) is 22.5 Å². The highest BCUT2D eigenvalue weighted by molar-refractivity contribution is 7.17. The lowest BCUT2D eigenvalue weighted by Gasteiger charge is -2.08. The Balaban J connectivity index is 2.05. The van der Waals surface area contributed by atoms with Gasteiger partial charge in [-0.05, 0) is 25.1 Å². The topological polar surface area (TPSA) is 64.1 Å². The Labute approximate surface area is 135 Å². The SMILES string of the molecule is CCOC(=O)c1csc2ncnc(Nc3cccc(Cl)c3)c12. The number of esters is 1. The van der Waals surface area contributed by atoms with E-state index in [0.717, 1.165) is 10.5 Å². The third-order valence-electron chi connectivity index (χ3n) is 2.95. The van der Waals surface area contributed by atoms with E-state index in [-0.39, 0.29) is 5.97 Å². The second kappa shape index (κ2) is 6.29. The van der Waals surface area contributed by atoms with Crippen LogP contribution in [-0.2, 0) is 4.74 Å². The molecule has 0 bridgehead atoms. The predicted octanol–water partition coefficient (Wildman–Crippen LogP) is 4.27. The van der Waals surface area contributed by atoms with Crippen LogP contribution in [0.1, 0.15) is 17.3 Å². The van der Waals surface area contributed by atoms with Crippen LogP contribution in [0.2, 0.25) is 5.02 Å². The van der Waals surface area contributed by atoms with E-state index in [1.54, 1.807) is 24.4 Å². The van der Waals surface area contributed by atoms with Gasteiger partial charge in [-0.1, -0.05) is 17.7 Å². The number of halogens is 1. The van der Waals surface area contributed by atoms with E-state index in [4.69, 9.17) is 16.3 Å². The fourth-order valence-electron chi connectivity index (χ4n) is 2.03. The zero-order chi connectivity index (χ0) is 15.5. The number of thiophene rings is 1. The normalized spacial score (nSPS) is 10.6. The molecule has 0 saturated heterocycles. The summed E-state index contributed by atoms with van der Waals surface area (Å²) in [5, 5.41) is 6.19. The monoisotopic (exact) mass is 333 g/mol. The number of ether oxygens (including phenoxy) is 1. The van der Waals surface area contributed by atoms with E-state index in [9.17, 15) is 4.79 Å². The van der Waals surface area contributed by atoms with Crippen molar-refractivity contribution in [2.45, 2.75) is 6.92 Å². The number of carbonyl (C=O) groups is 1. The second-order valence-electron chi connectivity index (χ2n) is 4.41. The Morgan fingerprint density at radius 3 is 3.05 bits per heavy atom. The van der Waals surface area contributed by atoms with Crippen molar-refractivity contribution in [1.29, 1.82) is 0 Å². The Morgan fingerprint density at radius 1 is 1.41 bits per heavy atom. The number of fused-ring (bicyclic) bond motifs is 1. The molecule has 0 aliphatic carbocycles. The minimum absolute atomic E-state index is 0.320. The molecule has 5 nitrogen and oxygen atoms in total. The van der Waals surface area contributed by atoms with Gasteiger partial charge in [-0.15, -0.1) is 11.3 Å². The standard InChI is InChI=1S/C15H12ClN3O2S/c1-2-21-15(20)11-7-22-14-12(11)13(17-8-18-14)19-10-5-3-4-9(16)6-10/h3-8H,2H2,1H3,(H,17,18,19). The summed E-state index contributed by atoms with van der Waals surface area (Å²) in [4.78, 5) is 21.2. The first-order valence-electron chi connectivity index (χ1n) is 6.61. The van der Waals surface area contributed by atoms with E-state index in [1.165, 1.54) is 17.7 Å². The number of hydrogen-bond donors (Lipinski definition) is 1. The van der Waals surface area contributed by atoms with Gasteiger partial charge < -0.3 is 10.1 Å². The Kier molecular flexibility index (Phi) is 4.22. The first-order chi connectivity index (χ1) is 10.7. The van der Waals surface area contributed by atoms with Crippen LogP contribution in [0.5, 0.6) is 0 Å². The number of aromatic nitrogens is 2. The Morgan fingerprint density at radius 2 is 2.27 bits per heavy atom. The van der Waals surface area contributed by atoms with Crippen LogP contribution in [0.15, 0.2) is 36.0 Å². The summed E-state index contributed by atoms with van der Waals surface area (Å²) >= 11 is 7.36. The van der Waals surface area contributed by atoms with Crippen molar-refractivity contribution >= 4 is 50.6 Å². The lowest BCUT2D eigenvalue weighted by Crippen LogP contribution is -2.05. The molecule has 112 valence electrons. The molecule has 2 heterocycles. The van der Waals surface area contributed by atoms with Crippen LogP contribution in [0.25, 0.3) is 10.2 Å². The summed E-state index contributed by atoms with van der Waals surface area (Å²) < 4.78 is 5.08. The van der Waals surface area contributed by atoms with Gasteiger partial charge in [0.1, 0.15) is 17.0 Å². The van der Waals surface area contributed by atoms with E-state index in [0.29, 0.717) is 28.4 Å².